The second-order valence-electron chi connectivity index (χ2n) is 5.04. The highest BCUT2D eigenvalue weighted by atomic mass is 19.4. The van der Waals surface area contributed by atoms with Gasteiger partial charge in [-0.25, -0.2) is 4.98 Å². The van der Waals surface area contributed by atoms with Gasteiger partial charge in [-0.3, -0.25) is 9.59 Å². The number of amides is 2. The molecular weight excluding hydrogens is 323 g/mol. The lowest BCUT2D eigenvalue weighted by molar-refractivity contribution is -0.141. The summed E-state index contributed by atoms with van der Waals surface area (Å²) in [6.07, 6.45) is -4.56. The number of benzene rings is 1. The number of pyridine rings is 1. The minimum Gasteiger partial charge on any atom is -0.326 e. The molecule has 2 rings (SSSR count). The number of hydrogen-bond donors (Lipinski definition) is 2. The molecule has 0 bridgehead atoms. The zero-order valence-corrected chi connectivity index (χ0v) is 12.9. The number of alkyl halides is 3. The number of anilines is 2. The summed E-state index contributed by atoms with van der Waals surface area (Å²) >= 11 is 0. The number of nitrogens with zero attached hydrogens (tertiary/aromatic N) is 1. The summed E-state index contributed by atoms with van der Waals surface area (Å²) in [6.45, 7) is 2.71. The molecular formula is C16H14F3N3O2. The van der Waals surface area contributed by atoms with Crippen molar-refractivity contribution in [1.82, 2.24) is 4.98 Å². The predicted octanol–water partition coefficient (Wildman–Crippen LogP) is 3.62. The van der Waals surface area contributed by atoms with Crippen LogP contribution in [0.4, 0.5) is 24.5 Å². The summed E-state index contributed by atoms with van der Waals surface area (Å²) in [4.78, 5) is 26.5. The Bertz CT molecular complexity index is 771. The zero-order valence-electron chi connectivity index (χ0n) is 12.9. The normalized spacial score (nSPS) is 11.0. The van der Waals surface area contributed by atoms with Gasteiger partial charge in [-0.05, 0) is 43.3 Å². The fourth-order valence-corrected chi connectivity index (χ4v) is 2.00. The highest BCUT2D eigenvalue weighted by molar-refractivity contribution is 6.05. The van der Waals surface area contributed by atoms with Gasteiger partial charge in [0.1, 0.15) is 5.69 Å². The highest BCUT2D eigenvalue weighted by Gasteiger charge is 2.33. The predicted molar refractivity (Wildman–Crippen MR) is 82.7 cm³/mol. The minimum atomic E-state index is -4.56. The molecule has 0 aliphatic carbocycles. The van der Waals surface area contributed by atoms with E-state index in [1.54, 1.807) is 24.3 Å². The van der Waals surface area contributed by atoms with E-state index in [2.05, 4.69) is 15.6 Å². The lowest BCUT2D eigenvalue weighted by atomic mass is 10.1. The van der Waals surface area contributed by atoms with E-state index in [-0.39, 0.29) is 17.2 Å². The van der Waals surface area contributed by atoms with E-state index in [0.29, 0.717) is 11.4 Å². The monoisotopic (exact) mass is 337 g/mol. The average molecular weight is 337 g/mol. The Balaban J connectivity index is 2.13. The molecule has 0 unspecified atom stereocenters. The van der Waals surface area contributed by atoms with E-state index in [9.17, 15) is 22.8 Å². The summed E-state index contributed by atoms with van der Waals surface area (Å²) < 4.78 is 37.7. The molecule has 1 aromatic heterocycles. The van der Waals surface area contributed by atoms with E-state index in [1.807, 2.05) is 0 Å². The highest BCUT2D eigenvalue weighted by Crippen LogP contribution is 2.28. The quantitative estimate of drug-likeness (QED) is 0.899. The largest absolute Gasteiger partial charge is 0.433 e. The molecule has 126 valence electrons. The lowest BCUT2D eigenvalue weighted by Crippen LogP contribution is -2.16. The van der Waals surface area contributed by atoms with Crippen molar-refractivity contribution in [2.45, 2.75) is 20.0 Å². The Hall–Kier alpha value is -2.90. The molecule has 2 N–H and O–H groups in total. The number of aryl methyl sites for hydroxylation is 1. The van der Waals surface area contributed by atoms with Crippen molar-refractivity contribution in [3.05, 3.63) is 53.3 Å². The first-order valence-corrected chi connectivity index (χ1v) is 6.90. The topological polar surface area (TPSA) is 71.1 Å². The van der Waals surface area contributed by atoms with Crippen LogP contribution in [0.25, 0.3) is 0 Å². The molecule has 0 saturated heterocycles. The molecule has 0 spiro atoms. The number of hydrogen-bond acceptors (Lipinski definition) is 3. The lowest BCUT2D eigenvalue weighted by Gasteiger charge is -2.11. The zero-order chi connectivity index (χ0) is 17.9. The standard InChI is InChI=1S/C16H14F3N3O2/c1-9-13(7-8-14(20-9)16(17,18)19)15(24)22-12-5-3-11(4-6-12)21-10(2)23/h3-8H,1-2H3,(H,21,23)(H,22,24). The molecule has 8 heteroatoms. The molecule has 2 amide bonds. The van der Waals surface area contributed by atoms with Crippen molar-refractivity contribution in [3.63, 3.8) is 0 Å². The van der Waals surface area contributed by atoms with Crippen molar-refractivity contribution in [1.29, 1.82) is 0 Å². The van der Waals surface area contributed by atoms with Gasteiger partial charge >= 0.3 is 6.18 Å². The SMILES string of the molecule is CC(=O)Nc1ccc(NC(=O)c2ccc(C(F)(F)F)nc2C)cc1. The smallest absolute Gasteiger partial charge is 0.326 e. The molecule has 24 heavy (non-hydrogen) atoms. The summed E-state index contributed by atoms with van der Waals surface area (Å²) in [7, 11) is 0. The average Bonchev–Trinajstić information content (AvgIpc) is 2.47. The first-order valence-electron chi connectivity index (χ1n) is 6.90. The minimum absolute atomic E-state index is 0.0165. The number of carbonyl (C=O) groups excluding carboxylic acids is 2. The molecule has 0 atom stereocenters. The third kappa shape index (κ3) is 4.31. The molecule has 0 radical (unpaired) electrons. The molecule has 5 nitrogen and oxygen atoms in total. The summed E-state index contributed by atoms with van der Waals surface area (Å²) in [6, 6.07) is 8.17. The number of nitrogens with one attached hydrogen (secondary N) is 2. The van der Waals surface area contributed by atoms with Crippen molar-refractivity contribution < 1.29 is 22.8 Å². The van der Waals surface area contributed by atoms with Crippen LogP contribution in [0.3, 0.4) is 0 Å². The molecule has 2 aromatic rings. The van der Waals surface area contributed by atoms with Gasteiger partial charge in [-0.1, -0.05) is 0 Å². The fraction of sp³-hybridized carbons (Fsp3) is 0.188. The third-order valence-electron chi connectivity index (χ3n) is 3.08. The Morgan fingerprint density at radius 1 is 0.958 bits per heavy atom. The van der Waals surface area contributed by atoms with E-state index in [0.717, 1.165) is 12.1 Å². The van der Waals surface area contributed by atoms with Gasteiger partial charge in [0.25, 0.3) is 5.91 Å². The number of aromatic nitrogens is 1. The summed E-state index contributed by atoms with van der Waals surface area (Å²) in [5.74, 6) is -0.792. The summed E-state index contributed by atoms with van der Waals surface area (Å²) in [5.41, 5.74) is -0.0105. The fourth-order valence-electron chi connectivity index (χ4n) is 2.00. The first-order chi connectivity index (χ1) is 11.2. The van der Waals surface area contributed by atoms with Crippen LogP contribution in [-0.2, 0) is 11.0 Å². The van der Waals surface area contributed by atoms with Gasteiger partial charge < -0.3 is 10.6 Å². The Labute approximate surface area is 135 Å². The van der Waals surface area contributed by atoms with Crippen molar-refractivity contribution in [2.24, 2.45) is 0 Å². The second-order valence-corrected chi connectivity index (χ2v) is 5.04. The molecule has 0 aliphatic rings. The van der Waals surface area contributed by atoms with Gasteiger partial charge in [0, 0.05) is 18.3 Å². The third-order valence-corrected chi connectivity index (χ3v) is 3.08. The number of halogens is 3. The van der Waals surface area contributed by atoms with E-state index in [4.69, 9.17) is 0 Å². The molecule has 1 heterocycles. The molecule has 1 aromatic carbocycles. The van der Waals surface area contributed by atoms with Crippen LogP contribution in [0.5, 0.6) is 0 Å². The van der Waals surface area contributed by atoms with Crippen LogP contribution in [0.15, 0.2) is 36.4 Å². The van der Waals surface area contributed by atoms with Crippen LogP contribution < -0.4 is 10.6 Å². The maximum Gasteiger partial charge on any atom is 0.433 e. The van der Waals surface area contributed by atoms with Crippen molar-refractivity contribution >= 4 is 23.2 Å². The number of carbonyl (C=O) groups is 2. The van der Waals surface area contributed by atoms with Crippen LogP contribution in [0, 0.1) is 6.92 Å². The van der Waals surface area contributed by atoms with Crippen LogP contribution >= 0.6 is 0 Å². The van der Waals surface area contributed by atoms with Gasteiger partial charge in [0.2, 0.25) is 5.91 Å². The Morgan fingerprint density at radius 2 is 1.50 bits per heavy atom. The summed E-state index contributed by atoms with van der Waals surface area (Å²) in [5, 5.41) is 5.14. The second kappa shape index (κ2) is 6.69. The Kier molecular flexibility index (Phi) is 4.87. The maximum absolute atomic E-state index is 12.6. The first kappa shape index (κ1) is 17.5. The van der Waals surface area contributed by atoms with E-state index >= 15 is 0 Å². The van der Waals surface area contributed by atoms with Crippen molar-refractivity contribution in [3.8, 4) is 0 Å². The van der Waals surface area contributed by atoms with Crippen LogP contribution in [0.1, 0.15) is 28.7 Å². The maximum atomic E-state index is 12.6. The van der Waals surface area contributed by atoms with Crippen LogP contribution in [0.2, 0.25) is 0 Å². The van der Waals surface area contributed by atoms with E-state index in [1.165, 1.54) is 13.8 Å². The molecule has 0 aliphatic heterocycles. The number of rotatable bonds is 3. The Morgan fingerprint density at radius 3 is 1.96 bits per heavy atom. The van der Waals surface area contributed by atoms with Gasteiger partial charge in [-0.2, -0.15) is 13.2 Å². The van der Waals surface area contributed by atoms with Gasteiger partial charge in [0.05, 0.1) is 11.3 Å². The van der Waals surface area contributed by atoms with Gasteiger partial charge in [0.15, 0.2) is 0 Å². The van der Waals surface area contributed by atoms with Gasteiger partial charge in [-0.15, -0.1) is 0 Å². The molecule has 0 fully saturated rings. The van der Waals surface area contributed by atoms with E-state index < -0.39 is 17.8 Å². The molecule has 0 saturated carbocycles. The van der Waals surface area contributed by atoms with Crippen LogP contribution in [-0.4, -0.2) is 16.8 Å². The van der Waals surface area contributed by atoms with Crippen molar-refractivity contribution in [2.75, 3.05) is 10.6 Å².